The second-order valence-corrected chi connectivity index (χ2v) is 2.65. The zero-order valence-corrected chi connectivity index (χ0v) is 7.86. The lowest BCUT2D eigenvalue weighted by Gasteiger charge is -1.99. The Morgan fingerprint density at radius 3 is 3.00 bits per heavy atom. The first-order valence-electron chi connectivity index (χ1n) is 4.15. The number of hydrogen-bond donors (Lipinski definition) is 2. The summed E-state index contributed by atoms with van der Waals surface area (Å²) in [6.45, 7) is 2.78. The fourth-order valence-corrected chi connectivity index (χ4v) is 0.880. The summed E-state index contributed by atoms with van der Waals surface area (Å²) in [6.07, 6.45) is 2.74. The summed E-state index contributed by atoms with van der Waals surface area (Å²) < 4.78 is 1.61. The highest BCUT2D eigenvalue weighted by molar-refractivity contribution is 5.96. The molecule has 0 bridgehead atoms. The van der Waals surface area contributed by atoms with Crippen molar-refractivity contribution in [1.82, 2.24) is 20.4 Å². The fourth-order valence-electron chi connectivity index (χ4n) is 0.880. The third-order valence-corrected chi connectivity index (χ3v) is 1.48. The van der Waals surface area contributed by atoms with Crippen LogP contribution in [-0.4, -0.2) is 27.4 Å². The second kappa shape index (κ2) is 4.56. The van der Waals surface area contributed by atoms with Gasteiger partial charge in [-0.05, 0) is 6.42 Å². The van der Waals surface area contributed by atoms with Crippen LogP contribution in [0.2, 0.25) is 0 Å². The molecule has 0 aromatic carbocycles. The summed E-state index contributed by atoms with van der Waals surface area (Å²) in [5, 5.41) is 7.66. The van der Waals surface area contributed by atoms with Gasteiger partial charge < -0.3 is 5.43 Å². The molecule has 0 fully saturated rings. The van der Waals surface area contributed by atoms with E-state index in [1.54, 1.807) is 17.9 Å². The average molecular weight is 182 g/mol. The van der Waals surface area contributed by atoms with E-state index in [0.29, 0.717) is 11.5 Å². The Morgan fingerprint density at radius 1 is 1.77 bits per heavy atom. The molecule has 0 amide bonds. The van der Waals surface area contributed by atoms with Crippen LogP contribution in [0.15, 0.2) is 11.2 Å². The van der Waals surface area contributed by atoms with Crippen LogP contribution in [0.4, 0.5) is 0 Å². The highest BCUT2D eigenvalue weighted by atomic mass is 15.4. The number of rotatable bonds is 3. The van der Waals surface area contributed by atoms with Crippen LogP contribution in [-0.2, 0) is 7.05 Å². The lowest BCUT2D eigenvalue weighted by atomic mass is 10.4. The van der Waals surface area contributed by atoms with Crippen molar-refractivity contribution in [3.05, 3.63) is 11.9 Å². The number of aliphatic imine (C=N–C) groups is 1. The Bertz CT molecular complexity index is 289. The zero-order chi connectivity index (χ0) is 9.68. The van der Waals surface area contributed by atoms with Crippen molar-refractivity contribution < 1.29 is 0 Å². The van der Waals surface area contributed by atoms with Gasteiger partial charge in [-0.1, -0.05) is 12.1 Å². The van der Waals surface area contributed by atoms with Crippen molar-refractivity contribution in [2.24, 2.45) is 17.9 Å². The van der Waals surface area contributed by atoms with E-state index >= 15 is 0 Å². The van der Waals surface area contributed by atoms with Gasteiger partial charge in [0.15, 0.2) is 5.84 Å². The SMILES string of the molecule is CCCN=C(NN)c1cn(C)nn1. The van der Waals surface area contributed by atoms with Crippen molar-refractivity contribution in [2.75, 3.05) is 6.54 Å². The van der Waals surface area contributed by atoms with Gasteiger partial charge in [0, 0.05) is 13.6 Å². The largest absolute Gasteiger partial charge is 0.307 e. The van der Waals surface area contributed by atoms with Gasteiger partial charge in [-0.3, -0.25) is 9.67 Å². The van der Waals surface area contributed by atoms with E-state index in [1.807, 2.05) is 6.92 Å². The van der Waals surface area contributed by atoms with Crippen LogP contribution in [0.1, 0.15) is 19.0 Å². The van der Waals surface area contributed by atoms with E-state index in [-0.39, 0.29) is 0 Å². The van der Waals surface area contributed by atoms with Gasteiger partial charge in [0.25, 0.3) is 0 Å². The molecular formula is C7H14N6. The summed E-state index contributed by atoms with van der Waals surface area (Å²) in [5.41, 5.74) is 3.17. The summed E-state index contributed by atoms with van der Waals surface area (Å²) in [5.74, 6) is 5.88. The average Bonchev–Trinajstić information content (AvgIpc) is 2.54. The quantitative estimate of drug-likeness (QED) is 0.284. The molecule has 3 N–H and O–H groups in total. The zero-order valence-electron chi connectivity index (χ0n) is 7.86. The standard InChI is InChI=1S/C7H14N6/c1-3-4-9-7(10-8)6-5-13(2)12-11-6/h5H,3-4,8H2,1-2H3,(H,9,10). The summed E-state index contributed by atoms with van der Waals surface area (Å²) in [4.78, 5) is 4.21. The van der Waals surface area contributed by atoms with Crippen molar-refractivity contribution in [3.63, 3.8) is 0 Å². The molecule has 13 heavy (non-hydrogen) atoms. The molecule has 0 spiro atoms. The van der Waals surface area contributed by atoms with Crippen molar-refractivity contribution >= 4 is 5.84 Å². The fraction of sp³-hybridized carbons (Fsp3) is 0.571. The molecule has 1 heterocycles. The maximum Gasteiger partial charge on any atom is 0.165 e. The van der Waals surface area contributed by atoms with Crippen LogP contribution < -0.4 is 11.3 Å². The van der Waals surface area contributed by atoms with E-state index in [4.69, 9.17) is 5.84 Å². The number of aryl methyl sites for hydroxylation is 1. The first-order chi connectivity index (χ1) is 6.27. The summed E-state index contributed by atoms with van der Waals surface area (Å²) in [6, 6.07) is 0. The summed E-state index contributed by atoms with van der Waals surface area (Å²) in [7, 11) is 1.80. The number of aromatic nitrogens is 3. The molecule has 0 aliphatic rings. The monoisotopic (exact) mass is 182 g/mol. The Balaban J connectivity index is 2.77. The highest BCUT2D eigenvalue weighted by Crippen LogP contribution is 1.92. The molecule has 0 atom stereocenters. The molecule has 72 valence electrons. The third-order valence-electron chi connectivity index (χ3n) is 1.48. The molecule has 0 saturated heterocycles. The second-order valence-electron chi connectivity index (χ2n) is 2.65. The lowest BCUT2D eigenvalue weighted by Crippen LogP contribution is -2.31. The molecule has 0 saturated carbocycles. The Hall–Kier alpha value is -1.43. The van der Waals surface area contributed by atoms with Gasteiger partial charge in [-0.25, -0.2) is 5.84 Å². The van der Waals surface area contributed by atoms with Crippen LogP contribution in [0.25, 0.3) is 0 Å². The molecule has 0 radical (unpaired) electrons. The smallest absolute Gasteiger partial charge is 0.165 e. The van der Waals surface area contributed by atoms with Crippen LogP contribution in [0.3, 0.4) is 0 Å². The number of nitrogens with zero attached hydrogens (tertiary/aromatic N) is 4. The normalized spacial score (nSPS) is 11.8. The van der Waals surface area contributed by atoms with Gasteiger partial charge in [-0.15, -0.1) is 5.10 Å². The van der Waals surface area contributed by atoms with E-state index < -0.39 is 0 Å². The molecule has 0 aliphatic carbocycles. The molecule has 6 heteroatoms. The predicted octanol–water partition coefficient (Wildman–Crippen LogP) is -0.565. The van der Waals surface area contributed by atoms with Crippen LogP contribution in [0, 0.1) is 0 Å². The number of hydrazine groups is 1. The first kappa shape index (κ1) is 9.66. The van der Waals surface area contributed by atoms with E-state index in [0.717, 1.165) is 13.0 Å². The van der Waals surface area contributed by atoms with E-state index in [2.05, 4.69) is 20.7 Å². The van der Waals surface area contributed by atoms with Gasteiger partial charge in [-0.2, -0.15) is 0 Å². The van der Waals surface area contributed by atoms with Gasteiger partial charge in [0.2, 0.25) is 0 Å². The molecule has 1 aromatic rings. The Morgan fingerprint density at radius 2 is 2.54 bits per heavy atom. The maximum atomic E-state index is 5.30. The Kier molecular flexibility index (Phi) is 3.39. The molecular weight excluding hydrogens is 168 g/mol. The topological polar surface area (TPSA) is 81.1 Å². The van der Waals surface area contributed by atoms with Gasteiger partial charge in [0.05, 0.1) is 6.20 Å². The van der Waals surface area contributed by atoms with Crippen LogP contribution >= 0.6 is 0 Å². The molecule has 1 rings (SSSR count). The molecule has 6 nitrogen and oxygen atoms in total. The Labute approximate surface area is 76.8 Å². The molecule has 0 aliphatic heterocycles. The van der Waals surface area contributed by atoms with E-state index in [1.165, 1.54) is 0 Å². The third kappa shape index (κ3) is 2.51. The predicted molar refractivity (Wildman–Crippen MR) is 50.0 cm³/mol. The first-order valence-corrected chi connectivity index (χ1v) is 4.15. The minimum absolute atomic E-state index is 0.579. The van der Waals surface area contributed by atoms with Gasteiger partial charge in [0.1, 0.15) is 5.69 Å². The number of nitrogens with two attached hydrogens (primary N) is 1. The van der Waals surface area contributed by atoms with Crippen LogP contribution in [0.5, 0.6) is 0 Å². The molecule has 1 aromatic heterocycles. The van der Waals surface area contributed by atoms with Crippen molar-refractivity contribution in [3.8, 4) is 0 Å². The highest BCUT2D eigenvalue weighted by Gasteiger charge is 2.04. The minimum atomic E-state index is 0.579. The lowest BCUT2D eigenvalue weighted by molar-refractivity contribution is 0.714. The number of amidine groups is 1. The summed E-state index contributed by atoms with van der Waals surface area (Å²) >= 11 is 0. The number of nitrogens with one attached hydrogen (secondary N) is 1. The minimum Gasteiger partial charge on any atom is -0.307 e. The van der Waals surface area contributed by atoms with Gasteiger partial charge >= 0.3 is 0 Å². The van der Waals surface area contributed by atoms with Crippen molar-refractivity contribution in [2.45, 2.75) is 13.3 Å². The van der Waals surface area contributed by atoms with E-state index in [9.17, 15) is 0 Å². The number of hydrogen-bond acceptors (Lipinski definition) is 4. The maximum absolute atomic E-state index is 5.30. The van der Waals surface area contributed by atoms with Crippen molar-refractivity contribution in [1.29, 1.82) is 0 Å². The molecule has 0 unspecified atom stereocenters.